The summed E-state index contributed by atoms with van der Waals surface area (Å²) >= 11 is 0. The zero-order chi connectivity index (χ0) is 37.3. The van der Waals surface area contributed by atoms with Crippen LogP contribution in [-0.2, 0) is 38.2 Å². The number of phenolic OH excluding ortho intramolecular Hbond substituents is 2. The van der Waals surface area contributed by atoms with Gasteiger partial charge in [0.2, 0.25) is 11.2 Å². The summed E-state index contributed by atoms with van der Waals surface area (Å²) in [4.78, 5) is 63.7. The lowest BCUT2D eigenvalue weighted by Crippen LogP contribution is -2.63. The molecule has 2 aliphatic heterocycles. The number of rotatable bonds is 6. The topological polar surface area (TPSA) is 233 Å². The first kappa shape index (κ1) is 35.3. The monoisotopic (exact) mass is 708 g/mol. The maximum absolute atomic E-state index is 13.6. The molecular weight excluding hydrogens is 672 g/mol. The zero-order valence-corrected chi connectivity index (χ0v) is 28.3. The van der Waals surface area contributed by atoms with Crippen LogP contribution in [0, 0.1) is 11.8 Å². The third-order valence-corrected chi connectivity index (χ3v) is 9.76. The molecule has 15 heteroatoms. The van der Waals surface area contributed by atoms with Crippen molar-refractivity contribution >= 4 is 41.0 Å². The van der Waals surface area contributed by atoms with E-state index in [9.17, 15) is 49.5 Å². The van der Waals surface area contributed by atoms with Crippen molar-refractivity contribution in [3.05, 3.63) is 46.5 Å². The van der Waals surface area contributed by atoms with E-state index in [1.165, 1.54) is 24.3 Å². The van der Waals surface area contributed by atoms with Gasteiger partial charge in [-0.1, -0.05) is 13.8 Å². The lowest BCUT2D eigenvalue weighted by molar-refractivity contribution is -0.177. The summed E-state index contributed by atoms with van der Waals surface area (Å²) < 4.78 is 29.5. The molecule has 2 aromatic rings. The Morgan fingerprint density at radius 3 is 1.53 bits per heavy atom. The number of aliphatic hydroxyl groups is 3. The summed E-state index contributed by atoms with van der Waals surface area (Å²) in [7, 11) is 0. The molecule has 2 fully saturated rings. The summed E-state index contributed by atoms with van der Waals surface area (Å²) in [5.41, 5.74) is -5.80. The Kier molecular flexibility index (Phi) is 8.53. The number of phenols is 2. The normalized spacial score (nSPS) is 28.0. The molecule has 2 saturated carbocycles. The SMILES string of the molecule is CC(=O)OCC12Oc3c(-c4ccc(O)c5c4O[C@]4(CO)C(=C5O)C(=O)C[C@H](C)[C@@H]4OC(C)=O)ccc(O)c3C(O)=C1C(=O)C[C@H](C)[C@@H]2OC(C)=O. The highest BCUT2D eigenvalue weighted by molar-refractivity contribution is 6.09. The van der Waals surface area contributed by atoms with Crippen molar-refractivity contribution in [1.29, 1.82) is 0 Å². The molecule has 2 aromatic carbocycles. The second kappa shape index (κ2) is 12.3. The number of aromatic hydroxyl groups is 2. The van der Waals surface area contributed by atoms with E-state index in [-0.39, 0.29) is 46.6 Å². The van der Waals surface area contributed by atoms with E-state index in [1.807, 2.05) is 0 Å². The quantitative estimate of drug-likeness (QED) is 0.214. The molecule has 0 aromatic heterocycles. The Hall–Kier alpha value is -5.57. The summed E-state index contributed by atoms with van der Waals surface area (Å²) in [6.07, 6.45) is -2.97. The van der Waals surface area contributed by atoms with E-state index in [1.54, 1.807) is 13.8 Å². The summed E-state index contributed by atoms with van der Waals surface area (Å²) in [6, 6.07) is 5.00. The molecule has 0 saturated heterocycles. The first-order valence-electron chi connectivity index (χ1n) is 16.1. The van der Waals surface area contributed by atoms with Gasteiger partial charge in [-0.2, -0.15) is 0 Å². The van der Waals surface area contributed by atoms with Crippen LogP contribution < -0.4 is 9.47 Å². The highest BCUT2D eigenvalue weighted by Gasteiger charge is 2.62. The Morgan fingerprint density at radius 1 is 0.706 bits per heavy atom. The number of hydrogen-bond donors (Lipinski definition) is 5. The van der Waals surface area contributed by atoms with Gasteiger partial charge in [0.15, 0.2) is 23.8 Å². The average Bonchev–Trinajstić information content (AvgIpc) is 3.03. The fourth-order valence-corrected chi connectivity index (χ4v) is 7.79. The van der Waals surface area contributed by atoms with Crippen LogP contribution in [0.5, 0.6) is 23.0 Å². The molecule has 15 nitrogen and oxygen atoms in total. The molecule has 51 heavy (non-hydrogen) atoms. The third kappa shape index (κ3) is 5.25. The van der Waals surface area contributed by atoms with E-state index in [0.717, 1.165) is 20.8 Å². The van der Waals surface area contributed by atoms with Gasteiger partial charge in [0, 0.05) is 56.6 Å². The number of carbonyl (C=O) groups excluding carboxylic acids is 5. The second-order valence-corrected chi connectivity index (χ2v) is 13.3. The van der Waals surface area contributed by atoms with E-state index in [0.29, 0.717) is 0 Å². The molecule has 270 valence electrons. The van der Waals surface area contributed by atoms with Crippen molar-refractivity contribution < 1.29 is 73.2 Å². The Bertz CT molecular complexity index is 1970. The van der Waals surface area contributed by atoms with E-state index >= 15 is 0 Å². The predicted octanol–water partition coefficient (Wildman–Crippen LogP) is 3.20. The predicted molar refractivity (Wildman–Crippen MR) is 173 cm³/mol. The molecule has 5 N–H and O–H groups in total. The lowest BCUT2D eigenvalue weighted by atomic mass is 9.69. The number of ether oxygens (including phenoxy) is 5. The summed E-state index contributed by atoms with van der Waals surface area (Å²) in [6.45, 7) is 4.91. The van der Waals surface area contributed by atoms with E-state index in [4.69, 9.17) is 23.7 Å². The minimum atomic E-state index is -2.14. The van der Waals surface area contributed by atoms with Gasteiger partial charge in [-0.25, -0.2) is 0 Å². The van der Waals surface area contributed by atoms with E-state index < -0.39 is 112 Å². The van der Waals surface area contributed by atoms with Crippen LogP contribution in [0.25, 0.3) is 22.6 Å². The number of aliphatic hydroxyl groups excluding tert-OH is 3. The Labute approximate surface area is 290 Å². The highest BCUT2D eigenvalue weighted by Crippen LogP contribution is 2.58. The van der Waals surface area contributed by atoms with Gasteiger partial charge in [-0.05, 0) is 24.3 Å². The molecule has 2 aliphatic carbocycles. The molecule has 1 unspecified atom stereocenters. The van der Waals surface area contributed by atoms with Crippen molar-refractivity contribution in [2.24, 2.45) is 11.8 Å². The minimum Gasteiger partial charge on any atom is -0.507 e. The van der Waals surface area contributed by atoms with Crippen LogP contribution in [0.3, 0.4) is 0 Å². The molecule has 4 aliphatic rings. The van der Waals surface area contributed by atoms with Crippen molar-refractivity contribution in [2.45, 2.75) is 70.9 Å². The Morgan fingerprint density at radius 2 is 1.12 bits per heavy atom. The number of esters is 3. The largest absolute Gasteiger partial charge is 0.507 e. The molecule has 0 amide bonds. The van der Waals surface area contributed by atoms with Gasteiger partial charge in [-0.15, -0.1) is 0 Å². The van der Waals surface area contributed by atoms with Gasteiger partial charge >= 0.3 is 17.9 Å². The van der Waals surface area contributed by atoms with Crippen LogP contribution in [0.4, 0.5) is 0 Å². The van der Waals surface area contributed by atoms with Gasteiger partial charge in [0.25, 0.3) is 0 Å². The van der Waals surface area contributed by atoms with Crippen LogP contribution in [-0.4, -0.2) is 91.6 Å². The molecule has 6 rings (SSSR count). The summed E-state index contributed by atoms with van der Waals surface area (Å²) in [5.74, 6) is -8.15. The van der Waals surface area contributed by atoms with Gasteiger partial charge in [0.05, 0.1) is 17.8 Å². The fraction of sp³-hybridized carbons (Fsp3) is 0.417. The number of hydrogen-bond acceptors (Lipinski definition) is 15. The molecule has 2 heterocycles. The van der Waals surface area contributed by atoms with Crippen molar-refractivity contribution in [3.63, 3.8) is 0 Å². The van der Waals surface area contributed by atoms with Crippen LogP contribution >= 0.6 is 0 Å². The van der Waals surface area contributed by atoms with Crippen molar-refractivity contribution in [3.8, 4) is 34.1 Å². The first-order valence-corrected chi connectivity index (χ1v) is 16.1. The average molecular weight is 709 g/mol. The molecule has 6 atom stereocenters. The van der Waals surface area contributed by atoms with Gasteiger partial charge in [-0.3, -0.25) is 24.0 Å². The lowest BCUT2D eigenvalue weighted by Gasteiger charge is -2.49. The van der Waals surface area contributed by atoms with Crippen molar-refractivity contribution in [2.75, 3.05) is 13.2 Å². The van der Waals surface area contributed by atoms with Gasteiger partial charge in [0.1, 0.15) is 52.3 Å². The maximum atomic E-state index is 13.6. The molecule has 0 spiro atoms. The number of ketones is 2. The molecular formula is C36H36O15. The number of Topliss-reactive ketones (excluding diaryl/α,β-unsaturated/α-hetero) is 2. The third-order valence-electron chi connectivity index (χ3n) is 9.76. The second-order valence-electron chi connectivity index (χ2n) is 13.3. The maximum Gasteiger partial charge on any atom is 0.303 e. The van der Waals surface area contributed by atoms with Crippen LogP contribution in [0.1, 0.15) is 58.6 Å². The number of benzene rings is 2. The smallest absolute Gasteiger partial charge is 0.303 e. The minimum absolute atomic E-state index is 0.00246. The van der Waals surface area contributed by atoms with Crippen LogP contribution in [0.2, 0.25) is 0 Å². The molecule has 0 radical (unpaired) electrons. The first-order chi connectivity index (χ1) is 24.0. The van der Waals surface area contributed by atoms with Gasteiger partial charge < -0.3 is 49.2 Å². The van der Waals surface area contributed by atoms with Crippen molar-refractivity contribution in [1.82, 2.24) is 0 Å². The summed E-state index contributed by atoms with van der Waals surface area (Å²) in [5, 5.41) is 56.4. The van der Waals surface area contributed by atoms with Crippen LogP contribution in [0.15, 0.2) is 35.4 Å². The Balaban J connectivity index is 1.65. The molecule has 0 bridgehead atoms. The zero-order valence-electron chi connectivity index (χ0n) is 28.3. The standard InChI is InChI=1S/C36H36O15/c1-14-10-23(43)27-29(45)25-21(41)8-6-19(31(25)50-35(27,12-37)33(14)48-17(4)39)20-7-9-22(42)26-30(46)28-24(44)11-15(2)34(49-18(5)40)36(28,51-32(20)26)13-47-16(3)38/h6-9,14-15,33-34,37,41-42,45-46H,10-13H2,1-5H3/t14-,15-,33-,34-,35+,36?/m0/s1. The fourth-order valence-electron chi connectivity index (χ4n) is 7.79. The van der Waals surface area contributed by atoms with E-state index in [2.05, 4.69) is 0 Å². The number of carbonyl (C=O) groups is 5. The number of fused-ring (bicyclic) bond motifs is 4. The highest BCUT2D eigenvalue weighted by atomic mass is 16.6.